The third kappa shape index (κ3) is 1.83. The van der Waals surface area contributed by atoms with Crippen molar-refractivity contribution in [3.8, 4) is 0 Å². The summed E-state index contributed by atoms with van der Waals surface area (Å²) in [5.74, 6) is -1.79. The minimum atomic E-state index is -0.899. The van der Waals surface area contributed by atoms with Crippen LogP contribution in [0.4, 0.5) is 14.5 Å². The van der Waals surface area contributed by atoms with E-state index < -0.39 is 11.6 Å². The second kappa shape index (κ2) is 4.04. The molecular formula is C12H12F2N2. The van der Waals surface area contributed by atoms with Crippen LogP contribution in [-0.4, -0.2) is 4.98 Å². The van der Waals surface area contributed by atoms with Gasteiger partial charge in [0.1, 0.15) is 0 Å². The van der Waals surface area contributed by atoms with E-state index in [9.17, 15) is 8.78 Å². The summed E-state index contributed by atoms with van der Waals surface area (Å²) >= 11 is 0. The molecule has 1 aromatic heterocycles. The number of pyridine rings is 1. The van der Waals surface area contributed by atoms with Crippen molar-refractivity contribution in [3.05, 3.63) is 35.5 Å². The number of nitrogen functional groups attached to an aromatic ring is 1. The van der Waals surface area contributed by atoms with E-state index in [2.05, 4.69) is 4.98 Å². The van der Waals surface area contributed by atoms with Gasteiger partial charge in [-0.05, 0) is 18.6 Å². The van der Waals surface area contributed by atoms with E-state index in [0.717, 1.165) is 30.7 Å². The molecule has 0 saturated carbocycles. The molecule has 4 heteroatoms. The van der Waals surface area contributed by atoms with Crippen LogP contribution >= 0.6 is 0 Å². The summed E-state index contributed by atoms with van der Waals surface area (Å²) in [6, 6.07) is 3.88. The van der Waals surface area contributed by atoms with E-state index in [1.165, 1.54) is 0 Å². The Labute approximate surface area is 92.1 Å². The molecule has 0 amide bonds. The molecule has 1 heterocycles. The SMILES string of the molecule is CCCc1cc(N)c2cc(F)c(F)cc2n1. The smallest absolute Gasteiger partial charge is 0.161 e. The number of rotatable bonds is 2. The van der Waals surface area contributed by atoms with Gasteiger partial charge in [0.2, 0.25) is 0 Å². The van der Waals surface area contributed by atoms with Crippen LogP contribution in [0.2, 0.25) is 0 Å². The largest absolute Gasteiger partial charge is 0.398 e. The lowest BCUT2D eigenvalue weighted by Gasteiger charge is -2.06. The van der Waals surface area contributed by atoms with E-state index in [1.54, 1.807) is 6.07 Å². The lowest BCUT2D eigenvalue weighted by atomic mass is 10.1. The van der Waals surface area contributed by atoms with Crippen LogP contribution in [0.1, 0.15) is 19.0 Å². The lowest BCUT2D eigenvalue weighted by Crippen LogP contribution is -1.97. The number of hydrogen-bond acceptors (Lipinski definition) is 2. The minimum absolute atomic E-state index is 0.405. The zero-order valence-corrected chi connectivity index (χ0v) is 8.93. The molecule has 16 heavy (non-hydrogen) atoms. The molecule has 2 nitrogen and oxygen atoms in total. The molecule has 2 aromatic rings. The Kier molecular flexibility index (Phi) is 2.73. The van der Waals surface area contributed by atoms with Gasteiger partial charge >= 0.3 is 0 Å². The summed E-state index contributed by atoms with van der Waals surface area (Å²) in [5.41, 5.74) is 7.42. The number of nitrogens with two attached hydrogens (primary N) is 1. The normalized spacial score (nSPS) is 10.9. The van der Waals surface area contributed by atoms with Crippen molar-refractivity contribution in [2.75, 3.05) is 5.73 Å². The lowest BCUT2D eigenvalue weighted by molar-refractivity contribution is 0.510. The molecule has 2 N–H and O–H groups in total. The molecule has 0 aliphatic heterocycles. The van der Waals surface area contributed by atoms with Crippen LogP contribution in [0, 0.1) is 11.6 Å². The fourth-order valence-corrected chi connectivity index (χ4v) is 1.69. The first-order valence-corrected chi connectivity index (χ1v) is 5.16. The van der Waals surface area contributed by atoms with Crippen molar-refractivity contribution in [3.63, 3.8) is 0 Å². The maximum absolute atomic E-state index is 13.0. The molecule has 1 aromatic carbocycles. The second-order valence-electron chi connectivity index (χ2n) is 3.74. The molecule has 2 rings (SSSR count). The monoisotopic (exact) mass is 222 g/mol. The van der Waals surface area contributed by atoms with Gasteiger partial charge in [-0.15, -0.1) is 0 Å². The van der Waals surface area contributed by atoms with Crippen molar-refractivity contribution in [1.82, 2.24) is 4.98 Å². The van der Waals surface area contributed by atoms with Gasteiger partial charge in [0.25, 0.3) is 0 Å². The first kappa shape index (κ1) is 10.8. The Hall–Kier alpha value is -1.71. The average Bonchev–Trinajstić information content (AvgIpc) is 2.22. The van der Waals surface area contributed by atoms with Crippen LogP contribution in [-0.2, 0) is 6.42 Å². The Balaban J connectivity index is 2.67. The molecule has 0 fully saturated rings. The van der Waals surface area contributed by atoms with Gasteiger partial charge in [-0.3, -0.25) is 4.98 Å². The minimum Gasteiger partial charge on any atom is -0.398 e. The number of nitrogens with zero attached hydrogens (tertiary/aromatic N) is 1. The molecule has 0 saturated heterocycles. The highest BCUT2D eigenvalue weighted by molar-refractivity contribution is 5.90. The number of halogens is 2. The molecule has 0 aliphatic rings. The van der Waals surface area contributed by atoms with Crippen molar-refractivity contribution in [2.24, 2.45) is 0 Å². The fourth-order valence-electron chi connectivity index (χ4n) is 1.69. The van der Waals surface area contributed by atoms with Gasteiger partial charge in [0.05, 0.1) is 5.52 Å². The molecule has 0 unspecified atom stereocenters. The number of aryl methyl sites for hydroxylation is 1. The second-order valence-corrected chi connectivity index (χ2v) is 3.74. The predicted octanol–water partition coefficient (Wildman–Crippen LogP) is 3.05. The number of fused-ring (bicyclic) bond motifs is 1. The highest BCUT2D eigenvalue weighted by atomic mass is 19.2. The summed E-state index contributed by atoms with van der Waals surface area (Å²) in [6.45, 7) is 2.02. The van der Waals surface area contributed by atoms with Crippen molar-refractivity contribution in [2.45, 2.75) is 19.8 Å². The van der Waals surface area contributed by atoms with E-state index in [1.807, 2.05) is 6.92 Å². The predicted molar refractivity (Wildman–Crippen MR) is 60.1 cm³/mol. The molecule has 0 bridgehead atoms. The Bertz CT molecular complexity index is 538. The molecule has 0 atom stereocenters. The van der Waals surface area contributed by atoms with Crippen LogP contribution in [0.15, 0.2) is 18.2 Å². The molecule has 84 valence electrons. The number of hydrogen-bond donors (Lipinski definition) is 1. The van der Waals surface area contributed by atoms with Crippen LogP contribution in [0.25, 0.3) is 10.9 Å². The maximum atomic E-state index is 13.0. The van der Waals surface area contributed by atoms with Gasteiger partial charge < -0.3 is 5.73 Å². The van der Waals surface area contributed by atoms with Gasteiger partial charge in [-0.25, -0.2) is 8.78 Å². The molecule has 0 aliphatic carbocycles. The molecule has 0 radical (unpaired) electrons. The van der Waals surface area contributed by atoms with Crippen molar-refractivity contribution in [1.29, 1.82) is 0 Å². The number of aromatic nitrogens is 1. The summed E-state index contributed by atoms with van der Waals surface area (Å²) in [7, 11) is 0. The zero-order valence-electron chi connectivity index (χ0n) is 8.93. The first-order chi connectivity index (χ1) is 7.61. The highest BCUT2D eigenvalue weighted by Gasteiger charge is 2.08. The van der Waals surface area contributed by atoms with Gasteiger partial charge in [0, 0.05) is 22.8 Å². The quantitative estimate of drug-likeness (QED) is 0.848. The molecular weight excluding hydrogens is 210 g/mol. The van der Waals surface area contributed by atoms with E-state index >= 15 is 0 Å². The number of anilines is 1. The fraction of sp³-hybridized carbons (Fsp3) is 0.250. The highest BCUT2D eigenvalue weighted by Crippen LogP contribution is 2.23. The van der Waals surface area contributed by atoms with Gasteiger partial charge in [-0.2, -0.15) is 0 Å². The Morgan fingerprint density at radius 1 is 1.19 bits per heavy atom. The summed E-state index contributed by atoms with van der Waals surface area (Å²) in [5, 5.41) is 0.457. The van der Waals surface area contributed by atoms with Gasteiger partial charge in [0.15, 0.2) is 11.6 Å². The zero-order chi connectivity index (χ0) is 11.7. The number of benzene rings is 1. The van der Waals surface area contributed by atoms with Crippen LogP contribution < -0.4 is 5.73 Å². The summed E-state index contributed by atoms with van der Waals surface area (Å²) in [6.07, 6.45) is 1.71. The van der Waals surface area contributed by atoms with Crippen LogP contribution in [0.5, 0.6) is 0 Å². The third-order valence-corrected chi connectivity index (χ3v) is 2.44. The third-order valence-electron chi connectivity index (χ3n) is 2.44. The molecule has 0 spiro atoms. The maximum Gasteiger partial charge on any atom is 0.161 e. The standard InChI is InChI=1S/C12H12F2N2/c1-2-3-7-4-11(15)8-5-9(13)10(14)6-12(8)16-7/h4-6H,2-3H2,1H3,(H2,15,16). The summed E-state index contributed by atoms with van der Waals surface area (Å²) in [4.78, 5) is 4.24. The average molecular weight is 222 g/mol. The van der Waals surface area contributed by atoms with Crippen molar-refractivity contribution >= 4 is 16.6 Å². The van der Waals surface area contributed by atoms with Crippen molar-refractivity contribution < 1.29 is 8.78 Å². The Morgan fingerprint density at radius 3 is 2.56 bits per heavy atom. The van der Waals surface area contributed by atoms with E-state index in [4.69, 9.17) is 5.73 Å². The first-order valence-electron chi connectivity index (χ1n) is 5.16. The summed E-state index contributed by atoms with van der Waals surface area (Å²) < 4.78 is 26.1. The van der Waals surface area contributed by atoms with Crippen LogP contribution in [0.3, 0.4) is 0 Å². The van der Waals surface area contributed by atoms with E-state index in [-0.39, 0.29) is 0 Å². The Morgan fingerprint density at radius 2 is 1.88 bits per heavy atom. The van der Waals surface area contributed by atoms with E-state index in [0.29, 0.717) is 16.6 Å². The topological polar surface area (TPSA) is 38.9 Å². The van der Waals surface area contributed by atoms with Gasteiger partial charge in [-0.1, -0.05) is 13.3 Å².